The molecule has 1 aliphatic heterocycles. The van der Waals surface area contributed by atoms with Crippen molar-refractivity contribution in [1.82, 2.24) is 0 Å². The molecule has 0 spiro atoms. The van der Waals surface area contributed by atoms with Crippen molar-refractivity contribution >= 4 is 63.0 Å². The highest BCUT2D eigenvalue weighted by atomic mass is 32.2. The number of amides is 1. The maximum Gasteiger partial charge on any atom is 0.318 e. The molecule has 3 aromatic rings. The van der Waals surface area contributed by atoms with Gasteiger partial charge in [-0.15, -0.1) is 0 Å². The Labute approximate surface area is 211 Å². The summed E-state index contributed by atoms with van der Waals surface area (Å²) in [5.41, 5.74) is -0.650. The Morgan fingerprint density at radius 3 is 2.22 bits per heavy atom. The topological polar surface area (TPSA) is 159 Å². The molecule has 0 unspecified atom stereocenters. The zero-order valence-corrected chi connectivity index (χ0v) is 19.4. The van der Waals surface area contributed by atoms with Crippen LogP contribution in [0, 0.1) is 30.3 Å². The molecule has 0 N–H and O–H groups in total. The zero-order chi connectivity index (χ0) is 26.0. The number of anilines is 1. The molecular formula is C22H12N4O8S2. The number of carbonyl (C=O) groups is 1. The third kappa shape index (κ3) is 4.89. The molecular weight excluding hydrogens is 512 g/mol. The van der Waals surface area contributed by atoms with Crippen molar-refractivity contribution < 1.29 is 24.3 Å². The third-order valence-corrected chi connectivity index (χ3v) is 6.17. The number of para-hydroxylation sites is 1. The van der Waals surface area contributed by atoms with E-state index in [0.29, 0.717) is 5.56 Å². The summed E-state index contributed by atoms with van der Waals surface area (Å²) in [6, 6.07) is 14.9. The van der Waals surface area contributed by atoms with E-state index in [2.05, 4.69) is 0 Å². The standard InChI is InChI=1S/C22H12N4O8S2/c27-21-20(36-22(35)23(21)14-5-3-6-15(11-14)24(28)29)10-13-4-1-2-7-18(13)34-19-9-8-16(25(30)31)12-17(19)26(32)33/h1-12H/b20-10-. The first-order valence-electron chi connectivity index (χ1n) is 9.88. The van der Waals surface area contributed by atoms with Crippen LogP contribution in [0.1, 0.15) is 5.56 Å². The molecule has 0 saturated carbocycles. The highest BCUT2D eigenvalue weighted by Crippen LogP contribution is 2.40. The van der Waals surface area contributed by atoms with Gasteiger partial charge in [-0.25, -0.2) is 0 Å². The highest BCUT2D eigenvalue weighted by Gasteiger charge is 2.34. The number of nitrogens with zero attached hydrogens (tertiary/aromatic N) is 4. The molecule has 12 nitrogen and oxygen atoms in total. The Hall–Kier alpha value is -4.69. The predicted octanol–water partition coefficient (Wildman–Crippen LogP) is 5.61. The van der Waals surface area contributed by atoms with Gasteiger partial charge in [0, 0.05) is 23.8 Å². The molecule has 180 valence electrons. The number of nitro benzene ring substituents is 3. The molecule has 0 bridgehead atoms. The average molecular weight is 524 g/mol. The largest absolute Gasteiger partial charge is 0.449 e. The first kappa shape index (κ1) is 24.4. The second kappa shape index (κ2) is 9.89. The fourth-order valence-corrected chi connectivity index (χ4v) is 4.53. The van der Waals surface area contributed by atoms with Gasteiger partial charge < -0.3 is 4.74 Å². The Bertz CT molecular complexity index is 1490. The Kier molecular flexibility index (Phi) is 6.71. The molecule has 0 atom stereocenters. The minimum atomic E-state index is -0.797. The van der Waals surface area contributed by atoms with Gasteiger partial charge in [-0.05, 0) is 24.3 Å². The monoisotopic (exact) mass is 524 g/mol. The minimum absolute atomic E-state index is 0.148. The minimum Gasteiger partial charge on any atom is -0.449 e. The van der Waals surface area contributed by atoms with Crippen LogP contribution < -0.4 is 9.64 Å². The fourth-order valence-electron chi connectivity index (χ4n) is 3.24. The summed E-state index contributed by atoms with van der Waals surface area (Å²) in [6.45, 7) is 0. The van der Waals surface area contributed by atoms with Crippen LogP contribution in [-0.2, 0) is 4.79 Å². The van der Waals surface area contributed by atoms with Crippen LogP contribution in [0.4, 0.5) is 22.7 Å². The van der Waals surface area contributed by atoms with E-state index in [4.69, 9.17) is 17.0 Å². The van der Waals surface area contributed by atoms with Gasteiger partial charge in [-0.2, -0.15) is 0 Å². The second-order valence-corrected chi connectivity index (χ2v) is 8.78. The van der Waals surface area contributed by atoms with Gasteiger partial charge in [0.2, 0.25) is 5.75 Å². The van der Waals surface area contributed by atoms with Gasteiger partial charge in [-0.3, -0.25) is 40.0 Å². The Balaban J connectivity index is 1.67. The Morgan fingerprint density at radius 2 is 1.53 bits per heavy atom. The van der Waals surface area contributed by atoms with E-state index in [1.165, 1.54) is 41.3 Å². The van der Waals surface area contributed by atoms with Gasteiger partial charge >= 0.3 is 5.69 Å². The van der Waals surface area contributed by atoms with Crippen LogP contribution in [0.15, 0.2) is 71.6 Å². The van der Waals surface area contributed by atoms with Crippen LogP contribution in [0.3, 0.4) is 0 Å². The second-order valence-electron chi connectivity index (χ2n) is 7.10. The number of hydrogen-bond acceptors (Lipinski definition) is 10. The highest BCUT2D eigenvalue weighted by molar-refractivity contribution is 8.27. The summed E-state index contributed by atoms with van der Waals surface area (Å²) in [4.78, 5) is 45.9. The van der Waals surface area contributed by atoms with Crippen molar-refractivity contribution in [3.8, 4) is 11.5 Å². The molecule has 4 rings (SSSR count). The average Bonchev–Trinajstić information content (AvgIpc) is 3.12. The smallest absolute Gasteiger partial charge is 0.318 e. The van der Waals surface area contributed by atoms with Crippen molar-refractivity contribution in [3.05, 3.63) is 108 Å². The summed E-state index contributed by atoms with van der Waals surface area (Å²) >= 11 is 6.29. The number of thioether (sulfide) groups is 1. The number of rotatable bonds is 7. The molecule has 0 aromatic heterocycles. The van der Waals surface area contributed by atoms with Gasteiger partial charge in [0.05, 0.1) is 31.4 Å². The molecule has 36 heavy (non-hydrogen) atoms. The summed E-state index contributed by atoms with van der Waals surface area (Å²) < 4.78 is 5.87. The van der Waals surface area contributed by atoms with Crippen LogP contribution >= 0.6 is 24.0 Å². The summed E-state index contributed by atoms with van der Waals surface area (Å²) in [5.74, 6) is -0.590. The summed E-state index contributed by atoms with van der Waals surface area (Å²) in [7, 11) is 0. The van der Waals surface area contributed by atoms with Gasteiger partial charge in [0.15, 0.2) is 4.32 Å². The lowest BCUT2D eigenvalue weighted by Crippen LogP contribution is -2.27. The number of carbonyl (C=O) groups excluding carboxylic acids is 1. The van der Waals surface area contributed by atoms with E-state index >= 15 is 0 Å². The molecule has 1 amide bonds. The van der Waals surface area contributed by atoms with Crippen LogP contribution in [0.2, 0.25) is 0 Å². The van der Waals surface area contributed by atoms with Crippen LogP contribution in [0.25, 0.3) is 6.08 Å². The fraction of sp³-hybridized carbons (Fsp3) is 0. The molecule has 1 heterocycles. The summed E-state index contributed by atoms with van der Waals surface area (Å²) in [5, 5.41) is 33.5. The molecule has 14 heteroatoms. The van der Waals surface area contributed by atoms with E-state index in [9.17, 15) is 35.1 Å². The predicted molar refractivity (Wildman–Crippen MR) is 135 cm³/mol. The first-order valence-corrected chi connectivity index (χ1v) is 11.1. The number of nitro groups is 3. The van der Waals surface area contributed by atoms with Crippen molar-refractivity contribution in [1.29, 1.82) is 0 Å². The van der Waals surface area contributed by atoms with E-state index in [1.54, 1.807) is 18.2 Å². The molecule has 0 radical (unpaired) electrons. The number of ether oxygens (including phenoxy) is 1. The third-order valence-electron chi connectivity index (χ3n) is 4.87. The number of non-ortho nitro benzene ring substituents is 2. The Morgan fingerprint density at radius 1 is 0.833 bits per heavy atom. The number of thiocarbonyl (C=S) groups is 1. The van der Waals surface area contributed by atoms with Crippen LogP contribution in [0.5, 0.6) is 11.5 Å². The van der Waals surface area contributed by atoms with E-state index in [1.807, 2.05) is 0 Å². The molecule has 1 saturated heterocycles. The maximum absolute atomic E-state index is 13.1. The van der Waals surface area contributed by atoms with Crippen molar-refractivity contribution in [2.45, 2.75) is 0 Å². The van der Waals surface area contributed by atoms with Crippen molar-refractivity contribution in [2.24, 2.45) is 0 Å². The van der Waals surface area contributed by atoms with Crippen molar-refractivity contribution in [2.75, 3.05) is 4.90 Å². The summed E-state index contributed by atoms with van der Waals surface area (Å²) in [6.07, 6.45) is 1.48. The molecule has 1 aliphatic rings. The van der Waals surface area contributed by atoms with Crippen molar-refractivity contribution in [3.63, 3.8) is 0 Å². The molecule has 0 aliphatic carbocycles. The van der Waals surface area contributed by atoms with Gasteiger partial charge in [0.25, 0.3) is 17.3 Å². The van der Waals surface area contributed by atoms with Crippen LogP contribution in [-0.4, -0.2) is 25.0 Å². The lowest BCUT2D eigenvalue weighted by molar-refractivity contribution is -0.394. The van der Waals surface area contributed by atoms with Gasteiger partial charge in [0.1, 0.15) is 5.75 Å². The quantitative estimate of drug-likeness (QED) is 0.164. The normalized spacial score (nSPS) is 14.2. The number of hydrogen-bond donors (Lipinski definition) is 0. The van der Waals surface area contributed by atoms with E-state index in [0.717, 1.165) is 30.0 Å². The zero-order valence-electron chi connectivity index (χ0n) is 17.8. The number of benzene rings is 3. The van der Waals surface area contributed by atoms with E-state index in [-0.39, 0.29) is 32.1 Å². The van der Waals surface area contributed by atoms with E-state index < -0.39 is 32.1 Å². The lowest BCUT2D eigenvalue weighted by atomic mass is 10.1. The SMILES string of the molecule is O=C1/C(=C/c2ccccc2Oc2ccc([N+](=O)[O-])cc2[N+](=O)[O-])SC(=S)N1c1cccc([N+](=O)[O-])c1. The molecule has 3 aromatic carbocycles. The molecule has 1 fully saturated rings. The van der Waals surface area contributed by atoms with Gasteiger partial charge in [-0.1, -0.05) is 48.2 Å². The maximum atomic E-state index is 13.1. The first-order chi connectivity index (χ1) is 17.2. The lowest BCUT2D eigenvalue weighted by Gasteiger charge is -2.14.